The van der Waals surface area contributed by atoms with Crippen LogP contribution in [0.2, 0.25) is 0 Å². The molecule has 0 aliphatic rings. The van der Waals surface area contributed by atoms with Gasteiger partial charge in [-0.05, 0) is 20.3 Å². The fourth-order valence-electron chi connectivity index (χ4n) is 1.60. The van der Waals surface area contributed by atoms with E-state index in [0.717, 1.165) is 0 Å². The van der Waals surface area contributed by atoms with E-state index in [4.69, 9.17) is 5.11 Å². The topological polar surface area (TPSA) is 98.7 Å². The molecule has 0 saturated heterocycles. The lowest BCUT2D eigenvalue weighted by molar-refractivity contribution is -0.139. The number of amides is 3. The average molecular weight is 273 g/mol. The summed E-state index contributed by atoms with van der Waals surface area (Å²) in [5, 5.41) is 13.6. The van der Waals surface area contributed by atoms with E-state index >= 15 is 0 Å². The molecule has 1 unspecified atom stereocenters. The molecule has 0 aromatic rings. The van der Waals surface area contributed by atoms with Crippen molar-refractivity contribution >= 4 is 17.9 Å². The summed E-state index contributed by atoms with van der Waals surface area (Å²) in [6, 6.07) is -1.56. The Kier molecular flexibility index (Phi) is 8.32. The zero-order valence-corrected chi connectivity index (χ0v) is 11.7. The van der Waals surface area contributed by atoms with E-state index in [9.17, 15) is 14.4 Å². The van der Waals surface area contributed by atoms with E-state index < -0.39 is 18.0 Å². The predicted molar refractivity (Wildman–Crippen MR) is 70.8 cm³/mol. The van der Waals surface area contributed by atoms with Crippen molar-refractivity contribution in [1.29, 1.82) is 0 Å². The van der Waals surface area contributed by atoms with Crippen LogP contribution in [0.5, 0.6) is 0 Å². The summed E-state index contributed by atoms with van der Waals surface area (Å²) in [6.45, 7) is 6.55. The molecule has 0 bridgehead atoms. The highest BCUT2D eigenvalue weighted by atomic mass is 16.4. The molecule has 1 atom stereocenters. The van der Waals surface area contributed by atoms with Gasteiger partial charge < -0.3 is 20.6 Å². The molecule has 0 spiro atoms. The van der Waals surface area contributed by atoms with E-state index in [1.807, 2.05) is 20.8 Å². The minimum Gasteiger partial charge on any atom is -0.480 e. The molecule has 7 nitrogen and oxygen atoms in total. The number of carboxylic acid groups (broad SMARTS) is 1. The summed E-state index contributed by atoms with van der Waals surface area (Å²) in [4.78, 5) is 35.5. The molecule has 3 amide bonds. The number of rotatable bonds is 8. The van der Waals surface area contributed by atoms with E-state index in [2.05, 4.69) is 10.6 Å². The van der Waals surface area contributed by atoms with Crippen LogP contribution in [0, 0.1) is 0 Å². The molecular weight excluding hydrogens is 250 g/mol. The number of nitrogens with zero attached hydrogens (tertiary/aromatic N) is 1. The number of nitrogens with one attached hydrogen (secondary N) is 2. The number of carbonyl (C=O) groups is 3. The number of likely N-dealkylation sites (N-methyl/N-ethyl adjacent to an activating group) is 1. The molecule has 0 heterocycles. The monoisotopic (exact) mass is 273 g/mol. The van der Waals surface area contributed by atoms with Crippen molar-refractivity contribution in [2.45, 2.75) is 39.7 Å². The van der Waals surface area contributed by atoms with Gasteiger partial charge in [0.05, 0.1) is 6.54 Å². The van der Waals surface area contributed by atoms with Crippen LogP contribution in [-0.2, 0) is 9.59 Å². The van der Waals surface area contributed by atoms with Gasteiger partial charge in [-0.1, -0.05) is 13.3 Å². The van der Waals surface area contributed by atoms with Gasteiger partial charge in [-0.2, -0.15) is 0 Å². The third-order valence-electron chi connectivity index (χ3n) is 2.70. The zero-order chi connectivity index (χ0) is 14.8. The van der Waals surface area contributed by atoms with Crippen molar-refractivity contribution in [2.24, 2.45) is 0 Å². The maximum Gasteiger partial charge on any atom is 0.326 e. The lowest BCUT2D eigenvalue weighted by atomic mass is 10.2. The van der Waals surface area contributed by atoms with Crippen molar-refractivity contribution in [3.05, 3.63) is 0 Å². The van der Waals surface area contributed by atoms with Gasteiger partial charge in [0.25, 0.3) is 0 Å². The fraction of sp³-hybridized carbons (Fsp3) is 0.750. The van der Waals surface area contributed by atoms with Gasteiger partial charge in [-0.3, -0.25) is 4.79 Å². The quantitative estimate of drug-likeness (QED) is 0.596. The Morgan fingerprint density at radius 1 is 1.16 bits per heavy atom. The molecule has 0 aliphatic heterocycles. The highest BCUT2D eigenvalue weighted by molar-refractivity contribution is 5.86. The Morgan fingerprint density at radius 3 is 2.16 bits per heavy atom. The summed E-state index contributed by atoms with van der Waals surface area (Å²) in [6.07, 6.45) is 1.00. The maximum absolute atomic E-state index is 11.6. The first-order valence-corrected chi connectivity index (χ1v) is 6.51. The second-order valence-corrected chi connectivity index (χ2v) is 4.07. The predicted octanol–water partition coefficient (Wildman–Crippen LogP) is 0.407. The van der Waals surface area contributed by atoms with Crippen molar-refractivity contribution in [1.82, 2.24) is 15.5 Å². The third-order valence-corrected chi connectivity index (χ3v) is 2.70. The normalized spacial score (nSPS) is 11.5. The van der Waals surface area contributed by atoms with Crippen LogP contribution in [0.1, 0.15) is 33.6 Å². The number of urea groups is 1. The molecular formula is C12H23N3O4. The van der Waals surface area contributed by atoms with Crippen molar-refractivity contribution in [3.8, 4) is 0 Å². The largest absolute Gasteiger partial charge is 0.480 e. The van der Waals surface area contributed by atoms with Gasteiger partial charge in [-0.25, -0.2) is 9.59 Å². The van der Waals surface area contributed by atoms with E-state index in [-0.39, 0.29) is 12.5 Å². The van der Waals surface area contributed by atoms with Gasteiger partial charge in [0, 0.05) is 13.1 Å². The van der Waals surface area contributed by atoms with Crippen molar-refractivity contribution < 1.29 is 19.5 Å². The Bertz CT molecular complexity index is 316. The summed E-state index contributed by atoms with van der Waals surface area (Å²) in [5.74, 6) is -1.27. The number of carbonyl (C=O) groups excluding carboxylic acids is 2. The summed E-state index contributed by atoms with van der Waals surface area (Å²) in [7, 11) is 0. The molecule has 0 aromatic heterocycles. The van der Waals surface area contributed by atoms with E-state index in [1.165, 1.54) is 0 Å². The molecule has 0 aromatic carbocycles. The molecule has 7 heteroatoms. The lowest BCUT2D eigenvalue weighted by Crippen LogP contribution is -2.48. The Hall–Kier alpha value is -1.79. The summed E-state index contributed by atoms with van der Waals surface area (Å²) in [5.41, 5.74) is 0. The molecule has 0 fully saturated rings. The van der Waals surface area contributed by atoms with Crippen LogP contribution in [-0.4, -0.2) is 53.6 Å². The number of hydrogen-bond acceptors (Lipinski definition) is 3. The van der Waals surface area contributed by atoms with Crippen LogP contribution in [0.25, 0.3) is 0 Å². The number of carboxylic acids is 1. The second-order valence-electron chi connectivity index (χ2n) is 4.07. The average Bonchev–Trinajstić information content (AvgIpc) is 2.37. The van der Waals surface area contributed by atoms with Crippen molar-refractivity contribution in [3.63, 3.8) is 0 Å². The Balaban J connectivity index is 4.17. The van der Waals surface area contributed by atoms with Crippen LogP contribution in [0.4, 0.5) is 4.79 Å². The third kappa shape index (κ3) is 6.64. The number of aliphatic carboxylic acids is 1. The summed E-state index contributed by atoms with van der Waals surface area (Å²) < 4.78 is 0. The van der Waals surface area contributed by atoms with Gasteiger partial charge in [0.2, 0.25) is 5.91 Å². The van der Waals surface area contributed by atoms with Crippen molar-refractivity contribution in [2.75, 3.05) is 19.6 Å². The van der Waals surface area contributed by atoms with Gasteiger partial charge in [-0.15, -0.1) is 0 Å². The standard InChI is InChI=1S/C12H23N3O4/c1-4-7-9(11(17)18)14-12(19)13-8-10(16)15(5-2)6-3/h9H,4-8H2,1-3H3,(H,17,18)(H2,13,14,19). The first-order chi connectivity index (χ1) is 8.96. The van der Waals surface area contributed by atoms with E-state index in [1.54, 1.807) is 4.90 Å². The SMILES string of the molecule is CCCC(NC(=O)NCC(=O)N(CC)CC)C(=O)O. The fourth-order valence-corrected chi connectivity index (χ4v) is 1.60. The lowest BCUT2D eigenvalue weighted by Gasteiger charge is -2.19. The maximum atomic E-state index is 11.6. The van der Waals surface area contributed by atoms with Crippen LogP contribution < -0.4 is 10.6 Å². The highest BCUT2D eigenvalue weighted by Crippen LogP contribution is 1.96. The second kappa shape index (κ2) is 9.18. The minimum absolute atomic E-state index is 0.133. The number of hydrogen-bond donors (Lipinski definition) is 3. The van der Waals surface area contributed by atoms with Crippen LogP contribution >= 0.6 is 0 Å². The Morgan fingerprint density at radius 2 is 1.74 bits per heavy atom. The molecule has 0 rings (SSSR count). The molecule has 110 valence electrons. The van der Waals surface area contributed by atoms with Gasteiger partial charge in [0.15, 0.2) is 0 Å². The first kappa shape index (κ1) is 17.2. The van der Waals surface area contributed by atoms with Crippen LogP contribution in [0.15, 0.2) is 0 Å². The van der Waals surface area contributed by atoms with Gasteiger partial charge >= 0.3 is 12.0 Å². The van der Waals surface area contributed by atoms with Gasteiger partial charge in [0.1, 0.15) is 6.04 Å². The smallest absolute Gasteiger partial charge is 0.326 e. The summed E-state index contributed by atoms with van der Waals surface area (Å²) >= 11 is 0. The first-order valence-electron chi connectivity index (χ1n) is 6.51. The zero-order valence-electron chi connectivity index (χ0n) is 11.7. The Labute approximate surface area is 113 Å². The molecule has 0 saturated carbocycles. The van der Waals surface area contributed by atoms with E-state index in [0.29, 0.717) is 25.9 Å². The molecule has 0 radical (unpaired) electrons. The highest BCUT2D eigenvalue weighted by Gasteiger charge is 2.19. The van der Waals surface area contributed by atoms with Crippen LogP contribution in [0.3, 0.4) is 0 Å². The molecule has 0 aliphatic carbocycles. The minimum atomic E-state index is -1.08. The molecule has 3 N–H and O–H groups in total. The molecule has 19 heavy (non-hydrogen) atoms.